The molecule has 0 unspecified atom stereocenters. The van der Waals surface area contributed by atoms with Crippen molar-refractivity contribution in [1.29, 1.82) is 0 Å². The Labute approximate surface area is 87.4 Å². The summed E-state index contributed by atoms with van der Waals surface area (Å²) in [6.07, 6.45) is 1.40. The highest BCUT2D eigenvalue weighted by atomic mass is 16.3. The Morgan fingerprint density at radius 1 is 1.47 bits per heavy atom. The van der Waals surface area contributed by atoms with E-state index in [0.29, 0.717) is 12.1 Å². The fourth-order valence-electron chi connectivity index (χ4n) is 1.48. The number of phenolic OH excluding ortho intramolecular Hbond substituents is 1. The van der Waals surface area contributed by atoms with Gasteiger partial charge in [0.1, 0.15) is 17.2 Å². The van der Waals surface area contributed by atoms with E-state index in [1.54, 1.807) is 12.1 Å². The number of aromatic nitrogens is 1. The molecule has 2 aromatic rings. The molecule has 0 fully saturated rings. The topological polar surface area (TPSA) is 72.3 Å². The molecule has 0 atom stereocenters. The molecule has 0 saturated carbocycles. The minimum Gasteiger partial charge on any atom is -0.508 e. The van der Waals surface area contributed by atoms with Gasteiger partial charge in [0, 0.05) is 17.7 Å². The molecule has 0 aliphatic heterocycles. The number of rotatable bonds is 2. The molecule has 0 aliphatic rings. The van der Waals surface area contributed by atoms with Gasteiger partial charge in [0.15, 0.2) is 6.39 Å². The maximum atomic E-state index is 9.48. The summed E-state index contributed by atoms with van der Waals surface area (Å²) in [5.41, 5.74) is 7.90. The quantitative estimate of drug-likeness (QED) is 0.782. The first-order chi connectivity index (χ1) is 7.22. The van der Waals surface area contributed by atoms with Crippen molar-refractivity contribution in [3.8, 4) is 17.0 Å². The van der Waals surface area contributed by atoms with Crippen molar-refractivity contribution in [3.05, 3.63) is 35.9 Å². The van der Waals surface area contributed by atoms with Crippen LogP contribution in [0.25, 0.3) is 11.3 Å². The fraction of sp³-hybridized carbons (Fsp3) is 0.182. The zero-order valence-electron chi connectivity index (χ0n) is 8.40. The molecular formula is C11H12N2O2. The average molecular weight is 204 g/mol. The van der Waals surface area contributed by atoms with Crippen LogP contribution in [0, 0.1) is 6.92 Å². The van der Waals surface area contributed by atoms with Crippen molar-refractivity contribution >= 4 is 0 Å². The van der Waals surface area contributed by atoms with Gasteiger partial charge in [0.2, 0.25) is 0 Å². The fourth-order valence-corrected chi connectivity index (χ4v) is 1.48. The SMILES string of the molecule is Cc1ocnc1-c1ccc(O)c(CN)c1. The Bertz CT molecular complexity index is 477. The van der Waals surface area contributed by atoms with E-state index in [0.717, 1.165) is 17.0 Å². The lowest BCUT2D eigenvalue weighted by atomic mass is 10.1. The van der Waals surface area contributed by atoms with Crippen molar-refractivity contribution in [2.75, 3.05) is 0 Å². The summed E-state index contributed by atoms with van der Waals surface area (Å²) in [7, 11) is 0. The summed E-state index contributed by atoms with van der Waals surface area (Å²) < 4.78 is 5.12. The van der Waals surface area contributed by atoms with Crippen molar-refractivity contribution in [3.63, 3.8) is 0 Å². The second-order valence-corrected chi connectivity index (χ2v) is 3.30. The van der Waals surface area contributed by atoms with Crippen LogP contribution in [0.2, 0.25) is 0 Å². The van der Waals surface area contributed by atoms with Gasteiger partial charge in [-0.3, -0.25) is 0 Å². The van der Waals surface area contributed by atoms with Crippen molar-refractivity contribution in [2.24, 2.45) is 5.73 Å². The van der Waals surface area contributed by atoms with Crippen LogP contribution in [0.15, 0.2) is 29.0 Å². The molecule has 1 aromatic heterocycles. The number of benzene rings is 1. The molecule has 0 saturated heterocycles. The Morgan fingerprint density at radius 3 is 2.87 bits per heavy atom. The lowest BCUT2D eigenvalue weighted by Gasteiger charge is -2.04. The first kappa shape index (κ1) is 9.73. The molecule has 0 bridgehead atoms. The standard InChI is InChI=1S/C11H12N2O2/c1-7-11(13-6-15-7)8-2-3-10(14)9(4-8)5-12/h2-4,6,14H,5,12H2,1H3. The van der Waals surface area contributed by atoms with Gasteiger partial charge in [-0.2, -0.15) is 0 Å². The zero-order chi connectivity index (χ0) is 10.8. The number of hydrogen-bond acceptors (Lipinski definition) is 4. The monoisotopic (exact) mass is 204 g/mol. The molecular weight excluding hydrogens is 192 g/mol. The van der Waals surface area contributed by atoms with E-state index >= 15 is 0 Å². The van der Waals surface area contributed by atoms with E-state index in [1.807, 2.05) is 13.0 Å². The lowest BCUT2D eigenvalue weighted by molar-refractivity contribution is 0.468. The highest BCUT2D eigenvalue weighted by Gasteiger charge is 2.08. The Morgan fingerprint density at radius 2 is 2.27 bits per heavy atom. The van der Waals surface area contributed by atoms with E-state index in [2.05, 4.69) is 4.98 Å². The van der Waals surface area contributed by atoms with Crippen molar-refractivity contribution < 1.29 is 9.52 Å². The van der Waals surface area contributed by atoms with Gasteiger partial charge < -0.3 is 15.3 Å². The van der Waals surface area contributed by atoms with Gasteiger partial charge in [-0.25, -0.2) is 4.98 Å². The normalized spacial score (nSPS) is 10.5. The number of phenols is 1. The van der Waals surface area contributed by atoms with Gasteiger partial charge in [-0.15, -0.1) is 0 Å². The van der Waals surface area contributed by atoms with Crippen LogP contribution in [0.4, 0.5) is 0 Å². The summed E-state index contributed by atoms with van der Waals surface area (Å²) in [6.45, 7) is 2.15. The number of nitrogens with zero attached hydrogens (tertiary/aromatic N) is 1. The van der Waals surface area contributed by atoms with Crippen LogP contribution < -0.4 is 5.73 Å². The molecule has 78 valence electrons. The summed E-state index contributed by atoms with van der Waals surface area (Å²) in [4.78, 5) is 4.10. The highest BCUT2D eigenvalue weighted by Crippen LogP contribution is 2.26. The van der Waals surface area contributed by atoms with Gasteiger partial charge in [0.25, 0.3) is 0 Å². The summed E-state index contributed by atoms with van der Waals surface area (Å²) in [5.74, 6) is 0.964. The maximum absolute atomic E-state index is 9.48. The molecule has 1 aromatic carbocycles. The predicted molar refractivity (Wildman–Crippen MR) is 56.2 cm³/mol. The average Bonchev–Trinajstić information content (AvgIpc) is 2.65. The third-order valence-corrected chi connectivity index (χ3v) is 2.32. The Balaban J connectivity index is 2.51. The number of oxazole rings is 1. The van der Waals surface area contributed by atoms with E-state index in [4.69, 9.17) is 10.2 Å². The smallest absolute Gasteiger partial charge is 0.181 e. The minimum atomic E-state index is 0.211. The largest absolute Gasteiger partial charge is 0.508 e. The highest BCUT2D eigenvalue weighted by molar-refractivity contribution is 5.63. The second kappa shape index (κ2) is 3.74. The summed E-state index contributed by atoms with van der Waals surface area (Å²) in [6, 6.07) is 5.23. The lowest BCUT2D eigenvalue weighted by Crippen LogP contribution is -1.97. The van der Waals surface area contributed by atoms with Gasteiger partial charge in [-0.05, 0) is 25.1 Å². The van der Waals surface area contributed by atoms with Crippen molar-refractivity contribution in [1.82, 2.24) is 4.98 Å². The first-order valence-corrected chi connectivity index (χ1v) is 4.65. The molecule has 15 heavy (non-hydrogen) atoms. The van der Waals surface area contributed by atoms with Crippen molar-refractivity contribution in [2.45, 2.75) is 13.5 Å². The molecule has 0 aliphatic carbocycles. The van der Waals surface area contributed by atoms with E-state index in [9.17, 15) is 5.11 Å². The number of hydrogen-bond donors (Lipinski definition) is 2. The Kier molecular flexibility index (Phi) is 2.43. The Hall–Kier alpha value is -1.81. The molecule has 3 N–H and O–H groups in total. The third-order valence-electron chi connectivity index (χ3n) is 2.32. The number of nitrogens with two attached hydrogens (primary N) is 1. The molecule has 1 heterocycles. The predicted octanol–water partition coefficient (Wildman–Crippen LogP) is 1.81. The van der Waals surface area contributed by atoms with Gasteiger partial charge in [-0.1, -0.05) is 0 Å². The molecule has 0 spiro atoms. The van der Waals surface area contributed by atoms with Crippen LogP contribution in [0.1, 0.15) is 11.3 Å². The number of aromatic hydroxyl groups is 1. The summed E-state index contributed by atoms with van der Waals surface area (Å²) >= 11 is 0. The molecule has 4 nitrogen and oxygen atoms in total. The van der Waals surface area contributed by atoms with Crippen LogP contribution in [-0.2, 0) is 6.54 Å². The van der Waals surface area contributed by atoms with E-state index in [1.165, 1.54) is 6.39 Å². The van der Waals surface area contributed by atoms with Crippen LogP contribution >= 0.6 is 0 Å². The van der Waals surface area contributed by atoms with Crippen LogP contribution in [-0.4, -0.2) is 10.1 Å². The van der Waals surface area contributed by atoms with Gasteiger partial charge in [0.05, 0.1) is 0 Å². The minimum absolute atomic E-state index is 0.211. The molecule has 4 heteroatoms. The first-order valence-electron chi connectivity index (χ1n) is 4.65. The van der Waals surface area contributed by atoms with Crippen LogP contribution in [0.3, 0.4) is 0 Å². The summed E-state index contributed by atoms with van der Waals surface area (Å²) in [5, 5.41) is 9.48. The number of aryl methyl sites for hydroxylation is 1. The molecule has 0 radical (unpaired) electrons. The zero-order valence-corrected chi connectivity index (χ0v) is 8.40. The van der Waals surface area contributed by atoms with E-state index < -0.39 is 0 Å². The maximum Gasteiger partial charge on any atom is 0.181 e. The molecule has 0 amide bonds. The third kappa shape index (κ3) is 1.71. The second-order valence-electron chi connectivity index (χ2n) is 3.30. The molecule has 2 rings (SSSR count). The van der Waals surface area contributed by atoms with Crippen LogP contribution in [0.5, 0.6) is 5.75 Å². The van der Waals surface area contributed by atoms with E-state index in [-0.39, 0.29) is 5.75 Å². The van der Waals surface area contributed by atoms with Gasteiger partial charge >= 0.3 is 0 Å².